The number of anilines is 1. The van der Waals surface area contributed by atoms with Crippen molar-refractivity contribution in [3.63, 3.8) is 0 Å². The van der Waals surface area contributed by atoms with Crippen molar-refractivity contribution in [2.45, 2.75) is 18.8 Å². The maximum atomic E-state index is 12.8. The molecule has 0 atom stereocenters. The number of pyridine rings is 2. The SMILES string of the molecule is COc1ccc(C(=O)Nc2c(Cl)c[nH]c(=O)c2Cl)c2cc(C3CC3)nn12. The summed E-state index contributed by atoms with van der Waals surface area (Å²) >= 11 is 12.0. The molecule has 0 bridgehead atoms. The van der Waals surface area contributed by atoms with Crippen molar-refractivity contribution in [1.82, 2.24) is 14.6 Å². The van der Waals surface area contributed by atoms with Gasteiger partial charge in [0.1, 0.15) is 5.02 Å². The zero-order valence-electron chi connectivity index (χ0n) is 13.7. The molecule has 1 aliphatic rings. The Morgan fingerprint density at radius 1 is 1.38 bits per heavy atom. The number of rotatable bonds is 4. The summed E-state index contributed by atoms with van der Waals surface area (Å²) < 4.78 is 6.93. The first-order valence-electron chi connectivity index (χ1n) is 7.94. The molecule has 3 heterocycles. The molecule has 1 saturated carbocycles. The minimum atomic E-state index is -0.536. The van der Waals surface area contributed by atoms with Crippen molar-refractivity contribution in [3.05, 3.63) is 56.1 Å². The molecule has 1 amide bonds. The Morgan fingerprint density at radius 2 is 2.15 bits per heavy atom. The van der Waals surface area contributed by atoms with E-state index in [1.165, 1.54) is 6.20 Å². The van der Waals surface area contributed by atoms with Gasteiger partial charge in [-0.25, -0.2) is 0 Å². The Labute approximate surface area is 157 Å². The number of carbonyl (C=O) groups is 1. The van der Waals surface area contributed by atoms with Crippen LogP contribution in [0.3, 0.4) is 0 Å². The van der Waals surface area contributed by atoms with Crippen LogP contribution in [0, 0.1) is 0 Å². The summed E-state index contributed by atoms with van der Waals surface area (Å²) in [6, 6.07) is 5.18. The first kappa shape index (κ1) is 16.9. The number of aromatic nitrogens is 3. The lowest BCUT2D eigenvalue weighted by Gasteiger charge is -2.10. The summed E-state index contributed by atoms with van der Waals surface area (Å²) in [4.78, 5) is 26.9. The molecule has 26 heavy (non-hydrogen) atoms. The van der Waals surface area contributed by atoms with Crippen molar-refractivity contribution in [2.24, 2.45) is 0 Å². The lowest BCUT2D eigenvalue weighted by atomic mass is 10.2. The predicted molar refractivity (Wildman–Crippen MR) is 98.8 cm³/mol. The number of methoxy groups -OCH3 is 1. The Kier molecular flexibility index (Phi) is 4.13. The second kappa shape index (κ2) is 6.34. The number of halogens is 2. The fourth-order valence-electron chi connectivity index (χ4n) is 2.77. The van der Waals surface area contributed by atoms with Crippen LogP contribution in [0.25, 0.3) is 5.52 Å². The van der Waals surface area contributed by atoms with Gasteiger partial charge in [-0.15, -0.1) is 0 Å². The van der Waals surface area contributed by atoms with Crippen LogP contribution < -0.4 is 15.6 Å². The van der Waals surface area contributed by atoms with Crippen molar-refractivity contribution in [1.29, 1.82) is 0 Å². The third kappa shape index (κ3) is 2.83. The Balaban J connectivity index is 1.78. The number of amides is 1. The summed E-state index contributed by atoms with van der Waals surface area (Å²) in [5.74, 6) is 0.497. The third-order valence-electron chi connectivity index (χ3n) is 4.28. The second-order valence-corrected chi connectivity index (χ2v) is 6.82. The minimum Gasteiger partial charge on any atom is -0.481 e. The van der Waals surface area contributed by atoms with Crippen LogP contribution in [0.4, 0.5) is 5.69 Å². The van der Waals surface area contributed by atoms with Crippen LogP contribution in [0.15, 0.2) is 29.2 Å². The first-order chi connectivity index (χ1) is 12.5. The minimum absolute atomic E-state index is 0.0676. The maximum absolute atomic E-state index is 12.8. The van der Waals surface area contributed by atoms with Crippen molar-refractivity contribution in [2.75, 3.05) is 12.4 Å². The zero-order valence-corrected chi connectivity index (χ0v) is 15.2. The largest absolute Gasteiger partial charge is 0.481 e. The fourth-order valence-corrected chi connectivity index (χ4v) is 3.22. The van der Waals surface area contributed by atoms with E-state index in [0.717, 1.165) is 18.5 Å². The van der Waals surface area contributed by atoms with E-state index in [2.05, 4.69) is 15.4 Å². The lowest BCUT2D eigenvalue weighted by Crippen LogP contribution is -2.17. The Morgan fingerprint density at radius 3 is 2.85 bits per heavy atom. The molecule has 2 N–H and O–H groups in total. The number of carbonyl (C=O) groups excluding carboxylic acids is 1. The van der Waals surface area contributed by atoms with Crippen LogP contribution in [0.1, 0.15) is 34.8 Å². The highest BCUT2D eigenvalue weighted by Gasteiger charge is 2.28. The molecular weight excluding hydrogens is 379 g/mol. The van der Waals surface area contributed by atoms with Gasteiger partial charge in [-0.1, -0.05) is 23.2 Å². The van der Waals surface area contributed by atoms with Gasteiger partial charge >= 0.3 is 0 Å². The molecule has 0 saturated heterocycles. The Hall–Kier alpha value is -2.51. The van der Waals surface area contributed by atoms with E-state index in [0.29, 0.717) is 22.9 Å². The highest BCUT2D eigenvalue weighted by molar-refractivity contribution is 6.39. The van der Waals surface area contributed by atoms with E-state index in [9.17, 15) is 9.59 Å². The van der Waals surface area contributed by atoms with Gasteiger partial charge in [0.2, 0.25) is 5.88 Å². The highest BCUT2D eigenvalue weighted by atomic mass is 35.5. The molecular formula is C17H14Cl2N4O3. The van der Waals surface area contributed by atoms with Gasteiger partial charge in [0.25, 0.3) is 11.5 Å². The number of ether oxygens (including phenoxy) is 1. The summed E-state index contributed by atoms with van der Waals surface area (Å²) in [6.45, 7) is 0. The average molecular weight is 393 g/mol. The maximum Gasteiger partial charge on any atom is 0.268 e. The van der Waals surface area contributed by atoms with E-state index < -0.39 is 11.5 Å². The van der Waals surface area contributed by atoms with Crippen LogP contribution in [-0.4, -0.2) is 27.6 Å². The smallest absolute Gasteiger partial charge is 0.268 e. The van der Waals surface area contributed by atoms with E-state index >= 15 is 0 Å². The third-order valence-corrected chi connectivity index (χ3v) is 4.94. The molecule has 0 spiro atoms. The van der Waals surface area contributed by atoms with Gasteiger partial charge in [-0.3, -0.25) is 9.59 Å². The normalized spacial score (nSPS) is 13.8. The van der Waals surface area contributed by atoms with Gasteiger partial charge in [0, 0.05) is 18.2 Å². The lowest BCUT2D eigenvalue weighted by molar-refractivity contribution is 0.102. The number of nitrogens with zero attached hydrogens (tertiary/aromatic N) is 2. The molecule has 3 aromatic heterocycles. The monoisotopic (exact) mass is 392 g/mol. The van der Waals surface area contributed by atoms with Crippen LogP contribution in [-0.2, 0) is 0 Å². The number of fused-ring (bicyclic) bond motifs is 1. The molecule has 9 heteroatoms. The van der Waals surface area contributed by atoms with Gasteiger partial charge in [-0.2, -0.15) is 9.61 Å². The van der Waals surface area contributed by atoms with E-state index in [1.807, 2.05) is 6.07 Å². The molecule has 0 unspecified atom stereocenters. The van der Waals surface area contributed by atoms with E-state index in [4.69, 9.17) is 27.9 Å². The van der Waals surface area contributed by atoms with Crippen LogP contribution in [0.5, 0.6) is 5.88 Å². The molecule has 0 radical (unpaired) electrons. The summed E-state index contributed by atoms with van der Waals surface area (Å²) in [7, 11) is 1.54. The van der Waals surface area contributed by atoms with Crippen LogP contribution in [0.2, 0.25) is 10.0 Å². The number of hydrogen-bond acceptors (Lipinski definition) is 4. The van der Waals surface area contributed by atoms with Crippen molar-refractivity contribution in [3.8, 4) is 5.88 Å². The molecule has 1 aliphatic carbocycles. The van der Waals surface area contributed by atoms with Crippen LogP contribution >= 0.6 is 23.2 Å². The second-order valence-electron chi connectivity index (χ2n) is 6.04. The predicted octanol–water partition coefficient (Wildman–Crippen LogP) is 3.47. The van der Waals surface area contributed by atoms with Gasteiger partial charge in [0.15, 0.2) is 0 Å². The topological polar surface area (TPSA) is 88.5 Å². The highest BCUT2D eigenvalue weighted by Crippen LogP contribution is 2.40. The molecule has 134 valence electrons. The first-order valence-corrected chi connectivity index (χ1v) is 8.70. The van der Waals surface area contributed by atoms with E-state index in [1.54, 1.807) is 23.8 Å². The quantitative estimate of drug-likeness (QED) is 0.711. The average Bonchev–Trinajstić information content (AvgIpc) is 3.39. The molecule has 0 aliphatic heterocycles. The molecule has 1 fully saturated rings. The Bertz CT molecular complexity index is 1090. The fraction of sp³-hybridized carbons (Fsp3) is 0.235. The number of hydrogen-bond donors (Lipinski definition) is 2. The summed E-state index contributed by atoms with van der Waals surface area (Å²) in [5.41, 5.74) is 1.44. The van der Waals surface area contributed by atoms with E-state index in [-0.39, 0.29) is 15.7 Å². The zero-order chi connectivity index (χ0) is 18.4. The molecule has 3 aromatic rings. The van der Waals surface area contributed by atoms with Crippen molar-refractivity contribution < 1.29 is 9.53 Å². The molecule has 0 aromatic carbocycles. The summed E-state index contributed by atoms with van der Waals surface area (Å²) in [6.07, 6.45) is 3.45. The standard InChI is InChI=1S/C17H14Cl2N4O3/c1-26-13-5-4-9(12-6-11(8-2-3-8)22-23(12)13)16(24)21-15-10(18)7-20-17(25)14(15)19/h4-8H,2-3H2,1H3,(H2,20,21,24,25). The molecule has 7 nitrogen and oxygen atoms in total. The van der Waals surface area contributed by atoms with Crippen molar-refractivity contribution >= 4 is 40.3 Å². The van der Waals surface area contributed by atoms with Gasteiger partial charge in [-0.05, 0) is 25.0 Å². The molecule has 4 rings (SSSR count). The van der Waals surface area contributed by atoms with Gasteiger partial charge in [0.05, 0.1) is 34.6 Å². The van der Waals surface area contributed by atoms with Gasteiger partial charge < -0.3 is 15.0 Å². The number of aromatic amines is 1. The number of H-pyrrole nitrogens is 1. The number of nitrogens with one attached hydrogen (secondary N) is 2. The summed E-state index contributed by atoms with van der Waals surface area (Å²) in [5, 5.41) is 7.12.